The van der Waals surface area contributed by atoms with E-state index >= 15 is 0 Å². The van der Waals surface area contributed by atoms with Crippen molar-refractivity contribution in [1.29, 1.82) is 0 Å². The topological polar surface area (TPSA) is 61.4 Å². The van der Waals surface area contributed by atoms with Gasteiger partial charge in [0.15, 0.2) is 0 Å². The van der Waals surface area contributed by atoms with E-state index in [9.17, 15) is 22.8 Å². The van der Waals surface area contributed by atoms with E-state index in [1.165, 1.54) is 17.0 Å². The Bertz CT molecular complexity index is 1070. The van der Waals surface area contributed by atoms with Crippen molar-refractivity contribution in [2.24, 2.45) is 0 Å². The first-order valence-corrected chi connectivity index (χ1v) is 10.8. The van der Waals surface area contributed by atoms with E-state index in [-0.39, 0.29) is 30.6 Å². The molecule has 0 saturated carbocycles. The van der Waals surface area contributed by atoms with Crippen LogP contribution in [0.25, 0.3) is 0 Å². The Morgan fingerprint density at radius 1 is 0.882 bits per heavy atom. The summed E-state index contributed by atoms with van der Waals surface area (Å²) >= 11 is 0. The van der Waals surface area contributed by atoms with Crippen LogP contribution < -0.4 is 10.6 Å². The van der Waals surface area contributed by atoms with Gasteiger partial charge in [0.25, 0.3) is 0 Å². The van der Waals surface area contributed by atoms with Crippen LogP contribution in [-0.4, -0.2) is 23.4 Å². The minimum Gasteiger partial charge on any atom is -0.352 e. The Labute approximate surface area is 196 Å². The maximum Gasteiger partial charge on any atom is 0.416 e. The molecule has 5 nitrogen and oxygen atoms in total. The highest BCUT2D eigenvalue weighted by Gasteiger charge is 2.30. The SMILES string of the molecule is CC(c1ccccc1)N(CCC(=O)NCc1ccccc1)C(=O)Nc1ccc(C(F)(F)F)cc1. The van der Waals surface area contributed by atoms with Crippen LogP contribution in [0.1, 0.15) is 36.1 Å². The predicted octanol–water partition coefficient (Wildman–Crippen LogP) is 6.01. The number of rotatable bonds is 8. The Balaban J connectivity index is 1.67. The fourth-order valence-electron chi connectivity index (χ4n) is 3.43. The molecule has 0 fully saturated rings. The molecule has 0 aromatic heterocycles. The van der Waals surface area contributed by atoms with Crippen LogP contribution in [0, 0.1) is 0 Å². The summed E-state index contributed by atoms with van der Waals surface area (Å²) in [6, 6.07) is 22.2. The highest BCUT2D eigenvalue weighted by Crippen LogP contribution is 2.30. The largest absolute Gasteiger partial charge is 0.416 e. The first-order valence-electron chi connectivity index (χ1n) is 10.8. The number of anilines is 1. The minimum atomic E-state index is -4.45. The van der Waals surface area contributed by atoms with Crippen LogP contribution in [0.4, 0.5) is 23.7 Å². The molecule has 3 rings (SSSR count). The van der Waals surface area contributed by atoms with Crippen molar-refractivity contribution in [3.8, 4) is 0 Å². The van der Waals surface area contributed by atoms with Gasteiger partial charge in [-0.3, -0.25) is 4.79 Å². The molecule has 34 heavy (non-hydrogen) atoms. The molecule has 8 heteroatoms. The van der Waals surface area contributed by atoms with Gasteiger partial charge in [-0.2, -0.15) is 13.2 Å². The fourth-order valence-corrected chi connectivity index (χ4v) is 3.43. The van der Waals surface area contributed by atoms with Gasteiger partial charge in [0.2, 0.25) is 5.91 Å². The summed E-state index contributed by atoms with van der Waals surface area (Å²) in [6.07, 6.45) is -4.38. The number of halogens is 3. The maximum atomic E-state index is 13.1. The molecular formula is C26H26F3N3O2. The van der Waals surface area contributed by atoms with Gasteiger partial charge < -0.3 is 15.5 Å². The first-order chi connectivity index (χ1) is 16.2. The Hall–Kier alpha value is -3.81. The lowest BCUT2D eigenvalue weighted by molar-refractivity contribution is -0.137. The summed E-state index contributed by atoms with van der Waals surface area (Å²) < 4.78 is 38.5. The lowest BCUT2D eigenvalue weighted by Gasteiger charge is -2.30. The van der Waals surface area contributed by atoms with Gasteiger partial charge in [0, 0.05) is 25.2 Å². The molecule has 0 radical (unpaired) electrons. The summed E-state index contributed by atoms with van der Waals surface area (Å²) in [5.74, 6) is -0.212. The summed E-state index contributed by atoms with van der Waals surface area (Å²) in [6.45, 7) is 2.35. The maximum absolute atomic E-state index is 13.1. The molecule has 0 aliphatic rings. The number of carbonyl (C=O) groups is 2. The lowest BCUT2D eigenvalue weighted by atomic mass is 10.1. The molecule has 0 saturated heterocycles. The van der Waals surface area contributed by atoms with E-state index in [4.69, 9.17) is 0 Å². The van der Waals surface area contributed by atoms with Crippen LogP contribution in [0.5, 0.6) is 0 Å². The van der Waals surface area contributed by atoms with E-state index in [1.54, 1.807) is 0 Å². The summed E-state index contributed by atoms with van der Waals surface area (Å²) in [4.78, 5) is 27.0. The molecular weight excluding hydrogens is 443 g/mol. The molecule has 0 heterocycles. The van der Waals surface area contributed by atoms with E-state index in [0.29, 0.717) is 6.54 Å². The van der Waals surface area contributed by atoms with E-state index in [2.05, 4.69) is 10.6 Å². The normalized spacial score (nSPS) is 12.0. The standard InChI is InChI=1S/C26H26F3N3O2/c1-19(21-10-6-3-7-11-21)32(17-16-24(33)30-18-20-8-4-2-5-9-20)25(34)31-23-14-12-22(13-15-23)26(27,28)29/h2-15,19H,16-18H2,1H3,(H,30,33)(H,31,34). The monoisotopic (exact) mass is 469 g/mol. The van der Waals surface area contributed by atoms with Crippen molar-refractivity contribution < 1.29 is 22.8 Å². The second-order valence-electron chi connectivity index (χ2n) is 7.80. The number of hydrogen-bond donors (Lipinski definition) is 2. The fraction of sp³-hybridized carbons (Fsp3) is 0.231. The van der Waals surface area contributed by atoms with E-state index in [1.807, 2.05) is 67.6 Å². The van der Waals surface area contributed by atoms with Crippen molar-refractivity contribution >= 4 is 17.6 Å². The van der Waals surface area contributed by atoms with Crippen LogP contribution in [0.2, 0.25) is 0 Å². The molecule has 3 aromatic rings. The predicted molar refractivity (Wildman–Crippen MR) is 125 cm³/mol. The summed E-state index contributed by atoms with van der Waals surface area (Å²) in [5.41, 5.74) is 1.27. The molecule has 178 valence electrons. The molecule has 0 spiro atoms. The molecule has 2 N–H and O–H groups in total. The van der Waals surface area contributed by atoms with Crippen molar-refractivity contribution in [1.82, 2.24) is 10.2 Å². The molecule has 3 amide bonds. The second kappa shape index (κ2) is 11.4. The molecule has 0 aliphatic carbocycles. The van der Waals surface area contributed by atoms with Crippen molar-refractivity contribution in [3.63, 3.8) is 0 Å². The van der Waals surface area contributed by atoms with Gasteiger partial charge in [-0.25, -0.2) is 4.79 Å². The van der Waals surface area contributed by atoms with Crippen molar-refractivity contribution in [3.05, 3.63) is 102 Å². The zero-order chi connectivity index (χ0) is 24.6. The average molecular weight is 470 g/mol. The Kier molecular flexibility index (Phi) is 8.29. The van der Waals surface area contributed by atoms with Gasteiger partial charge >= 0.3 is 12.2 Å². The van der Waals surface area contributed by atoms with Crippen LogP contribution in [0.15, 0.2) is 84.9 Å². The number of benzene rings is 3. The van der Waals surface area contributed by atoms with Crippen molar-refractivity contribution in [2.45, 2.75) is 32.1 Å². The minimum absolute atomic E-state index is 0.0738. The smallest absolute Gasteiger partial charge is 0.352 e. The lowest BCUT2D eigenvalue weighted by Crippen LogP contribution is -2.39. The van der Waals surface area contributed by atoms with Gasteiger partial charge in [0.1, 0.15) is 0 Å². The number of nitrogens with zero attached hydrogens (tertiary/aromatic N) is 1. The van der Waals surface area contributed by atoms with E-state index in [0.717, 1.165) is 23.3 Å². The molecule has 0 bridgehead atoms. The van der Waals surface area contributed by atoms with E-state index < -0.39 is 17.8 Å². The van der Waals surface area contributed by atoms with Gasteiger partial charge in [-0.1, -0.05) is 60.7 Å². The Morgan fingerprint density at radius 2 is 1.47 bits per heavy atom. The quantitative estimate of drug-likeness (QED) is 0.425. The highest BCUT2D eigenvalue weighted by atomic mass is 19.4. The van der Waals surface area contributed by atoms with Crippen molar-refractivity contribution in [2.75, 3.05) is 11.9 Å². The molecule has 1 unspecified atom stereocenters. The molecule has 3 aromatic carbocycles. The second-order valence-corrected chi connectivity index (χ2v) is 7.80. The Morgan fingerprint density at radius 3 is 2.06 bits per heavy atom. The van der Waals surface area contributed by atoms with Crippen LogP contribution in [0.3, 0.4) is 0 Å². The van der Waals surface area contributed by atoms with Gasteiger partial charge in [-0.05, 0) is 42.3 Å². The molecule has 1 atom stereocenters. The third-order valence-electron chi connectivity index (χ3n) is 5.39. The van der Waals surface area contributed by atoms with Crippen LogP contribution >= 0.6 is 0 Å². The summed E-state index contributed by atoms with van der Waals surface area (Å²) in [7, 11) is 0. The average Bonchev–Trinajstić information content (AvgIpc) is 2.83. The zero-order valence-electron chi connectivity index (χ0n) is 18.7. The number of amides is 3. The summed E-state index contributed by atoms with van der Waals surface area (Å²) in [5, 5.41) is 5.48. The third-order valence-corrected chi connectivity index (χ3v) is 5.39. The number of urea groups is 1. The number of hydrogen-bond acceptors (Lipinski definition) is 2. The number of nitrogens with one attached hydrogen (secondary N) is 2. The first kappa shape index (κ1) is 24.8. The number of carbonyl (C=O) groups excluding carboxylic acids is 2. The molecule has 0 aliphatic heterocycles. The zero-order valence-corrected chi connectivity index (χ0v) is 18.7. The van der Waals surface area contributed by atoms with Gasteiger partial charge in [0.05, 0.1) is 11.6 Å². The van der Waals surface area contributed by atoms with Crippen LogP contribution in [-0.2, 0) is 17.5 Å². The van der Waals surface area contributed by atoms with Gasteiger partial charge in [-0.15, -0.1) is 0 Å². The third kappa shape index (κ3) is 7.10. The highest BCUT2D eigenvalue weighted by molar-refractivity contribution is 5.90. The number of alkyl halides is 3.